The number of aliphatic hydroxyl groups is 2. The van der Waals surface area contributed by atoms with Crippen LogP contribution in [0, 0.1) is 11.3 Å². The Kier molecular flexibility index (Phi) is 10.3. The van der Waals surface area contributed by atoms with Gasteiger partial charge in [-0.05, 0) is 74.2 Å². The summed E-state index contributed by atoms with van der Waals surface area (Å²) >= 11 is 0. The summed E-state index contributed by atoms with van der Waals surface area (Å²) in [7, 11) is 1.71. The summed E-state index contributed by atoms with van der Waals surface area (Å²) in [4.78, 5) is 49.6. The molecule has 1 spiro atoms. The summed E-state index contributed by atoms with van der Waals surface area (Å²) < 4.78 is 54.1. The molecule has 15 nitrogen and oxygen atoms in total. The van der Waals surface area contributed by atoms with Crippen molar-refractivity contribution in [3.8, 4) is 5.75 Å². The lowest BCUT2D eigenvalue weighted by Crippen LogP contribution is -2.81. The Hall–Kier alpha value is -4.48. The van der Waals surface area contributed by atoms with Crippen LogP contribution in [0.3, 0.4) is 0 Å². The van der Waals surface area contributed by atoms with E-state index in [2.05, 4.69) is 9.80 Å². The average molecular weight is 889 g/mol. The first-order valence-corrected chi connectivity index (χ1v) is 23.9. The van der Waals surface area contributed by atoms with E-state index >= 15 is 4.79 Å². The minimum atomic E-state index is -4.12. The SMILES string of the molecule is CC[C@]1(O)C[C@H]2CN(CCc3c(n(S(C)(=O)=O)c4ccccc34)[C@@](C(=O)OC)(c3cc4c(cc3OC)N(C)[C@H]3[C@@](O)(C(=O)OC)[C@H](OC(C)=O)[C@]5(CC)C=CCN6CC[C@]43[C@@H]65)C2)C1. The Labute approximate surface area is 368 Å². The summed E-state index contributed by atoms with van der Waals surface area (Å²) in [5, 5.41) is 26.1. The number of carbonyl (C=O) groups is 3. The van der Waals surface area contributed by atoms with E-state index < -0.39 is 73.6 Å². The van der Waals surface area contributed by atoms with Crippen LogP contribution in [-0.2, 0) is 55.9 Å². The molecule has 9 rings (SSSR count). The molecular weight excluding hydrogens is 829 g/mol. The van der Waals surface area contributed by atoms with Crippen molar-refractivity contribution in [2.45, 2.75) is 99.5 Å². The number of carbonyl (C=O) groups excluding carboxylic acids is 3. The van der Waals surface area contributed by atoms with Crippen LogP contribution in [0.5, 0.6) is 5.75 Å². The molecule has 1 aromatic heterocycles. The van der Waals surface area contributed by atoms with Crippen LogP contribution in [0.25, 0.3) is 10.9 Å². The molecule has 2 aromatic carbocycles. The van der Waals surface area contributed by atoms with Gasteiger partial charge in [-0.25, -0.2) is 17.2 Å². The predicted octanol–water partition coefficient (Wildman–Crippen LogP) is 3.27. The molecule has 1 unspecified atom stereocenters. The number of aromatic nitrogens is 1. The maximum Gasteiger partial charge on any atom is 0.344 e. The van der Waals surface area contributed by atoms with Crippen LogP contribution in [-0.4, -0.2) is 147 Å². The molecule has 10 atom stereocenters. The lowest BCUT2D eigenvalue weighted by molar-refractivity contribution is -0.228. The molecule has 16 heteroatoms. The summed E-state index contributed by atoms with van der Waals surface area (Å²) in [5.41, 5.74) is -4.29. The second-order valence-corrected chi connectivity index (χ2v) is 20.9. The Morgan fingerprint density at radius 1 is 0.937 bits per heavy atom. The summed E-state index contributed by atoms with van der Waals surface area (Å²) in [6.07, 6.45) is 5.96. The fourth-order valence-corrected chi connectivity index (χ4v) is 15.1. The number of fused-ring (bicyclic) bond motifs is 6. The van der Waals surface area contributed by atoms with Gasteiger partial charge in [-0.3, -0.25) is 19.4 Å². The van der Waals surface area contributed by atoms with E-state index in [4.69, 9.17) is 18.9 Å². The van der Waals surface area contributed by atoms with Gasteiger partial charge in [0.1, 0.15) is 11.2 Å². The number of esters is 3. The van der Waals surface area contributed by atoms with Crippen LogP contribution >= 0.6 is 0 Å². The molecular formula is C47H60N4O11S. The third kappa shape index (κ3) is 5.76. The highest BCUT2D eigenvalue weighted by Crippen LogP contribution is 2.68. The molecule has 0 radical (unpaired) electrons. The smallest absolute Gasteiger partial charge is 0.344 e. The Morgan fingerprint density at radius 3 is 2.32 bits per heavy atom. The van der Waals surface area contributed by atoms with Crippen molar-refractivity contribution in [2.24, 2.45) is 11.3 Å². The molecule has 2 saturated heterocycles. The Bertz CT molecular complexity index is 2560. The Balaban J connectivity index is 1.42. The van der Waals surface area contributed by atoms with Crippen LogP contribution < -0.4 is 9.64 Å². The van der Waals surface area contributed by atoms with Crippen LogP contribution in [0.15, 0.2) is 48.6 Å². The maximum atomic E-state index is 15.6. The molecule has 5 aliphatic heterocycles. The molecule has 2 bridgehead atoms. The van der Waals surface area contributed by atoms with Gasteiger partial charge in [-0.2, -0.15) is 0 Å². The first-order chi connectivity index (χ1) is 29.9. The quantitative estimate of drug-likeness (QED) is 0.192. The van der Waals surface area contributed by atoms with Gasteiger partial charge >= 0.3 is 17.9 Å². The minimum Gasteiger partial charge on any atom is -0.496 e. The molecule has 0 amide bonds. The van der Waals surface area contributed by atoms with E-state index in [0.717, 1.165) is 11.8 Å². The number of para-hydroxylation sites is 1. The van der Waals surface area contributed by atoms with E-state index in [1.54, 1.807) is 19.2 Å². The molecule has 6 aliphatic rings. The van der Waals surface area contributed by atoms with Crippen molar-refractivity contribution in [3.63, 3.8) is 0 Å². The number of ether oxygens (including phenoxy) is 4. The largest absolute Gasteiger partial charge is 0.496 e. The van der Waals surface area contributed by atoms with Crippen molar-refractivity contribution in [3.05, 3.63) is 70.9 Å². The first kappa shape index (κ1) is 43.8. The van der Waals surface area contributed by atoms with Gasteiger partial charge in [-0.15, -0.1) is 0 Å². The van der Waals surface area contributed by atoms with Crippen molar-refractivity contribution in [2.75, 3.05) is 72.3 Å². The lowest BCUT2D eigenvalue weighted by Gasteiger charge is -2.63. The summed E-state index contributed by atoms with van der Waals surface area (Å²) in [6.45, 7) is 7.85. The van der Waals surface area contributed by atoms with Crippen LogP contribution in [0.2, 0.25) is 0 Å². The Morgan fingerprint density at radius 2 is 1.67 bits per heavy atom. The minimum absolute atomic E-state index is 0.0660. The van der Waals surface area contributed by atoms with E-state index in [1.165, 1.54) is 32.2 Å². The van der Waals surface area contributed by atoms with Crippen LogP contribution in [0.1, 0.15) is 75.3 Å². The highest BCUT2D eigenvalue weighted by Gasteiger charge is 2.80. The van der Waals surface area contributed by atoms with Crippen molar-refractivity contribution >= 4 is 44.5 Å². The lowest BCUT2D eigenvalue weighted by atomic mass is 9.47. The van der Waals surface area contributed by atoms with Gasteiger partial charge in [0.25, 0.3) is 0 Å². The maximum absolute atomic E-state index is 15.6. The summed E-state index contributed by atoms with van der Waals surface area (Å²) in [5.74, 6) is -2.32. The fraction of sp³-hybridized carbons (Fsp3) is 0.596. The first-order valence-electron chi connectivity index (χ1n) is 22.1. The van der Waals surface area contributed by atoms with Gasteiger partial charge in [0.05, 0.1) is 50.4 Å². The average Bonchev–Trinajstić information content (AvgIpc) is 3.91. The van der Waals surface area contributed by atoms with E-state index in [-0.39, 0.29) is 23.8 Å². The van der Waals surface area contributed by atoms with Crippen molar-refractivity contribution in [1.29, 1.82) is 0 Å². The fourth-order valence-electron chi connectivity index (χ4n) is 14.0. The number of benzene rings is 2. The predicted molar refractivity (Wildman–Crippen MR) is 234 cm³/mol. The van der Waals surface area contributed by atoms with E-state index in [1.807, 2.05) is 55.2 Å². The second-order valence-electron chi connectivity index (χ2n) is 19.1. The summed E-state index contributed by atoms with van der Waals surface area (Å²) in [6, 6.07) is 9.63. The number of hydrogen-bond acceptors (Lipinski definition) is 14. The standard InChI is InChI=1S/C47H60N4O11S/c1-9-43(55)24-29-25-46(41(53)60-6,37-31(16-20-49(26-29)27-43)30-14-11-12-15-34(30)51(37)63(8,57)58)33-22-32-35(23-36(33)59-5)48(4)39-45(32)18-21-50-19-13-17-44(10-2,38(45)50)40(62-28(3)52)47(39,56)42(54)61-7/h11-15,17,22-23,29,38-40,55-56H,9-10,16,18-21,24-27H2,1-8H3/t29-,38+,39-,40-,43+,44-,45-,46+,47+/m1/s1. The molecule has 3 aromatic rings. The highest BCUT2D eigenvalue weighted by molar-refractivity contribution is 7.89. The number of methoxy groups -OCH3 is 3. The van der Waals surface area contributed by atoms with Crippen molar-refractivity contribution in [1.82, 2.24) is 13.8 Å². The number of nitrogens with zero attached hydrogens (tertiary/aromatic N) is 4. The second kappa shape index (κ2) is 14.8. The van der Waals surface area contributed by atoms with E-state index in [9.17, 15) is 28.2 Å². The number of hydrogen-bond donors (Lipinski definition) is 2. The molecule has 1 saturated carbocycles. The van der Waals surface area contributed by atoms with Crippen molar-refractivity contribution < 1.29 is 52.0 Å². The number of likely N-dealkylation sites (N-methyl/N-ethyl adjacent to an activating group) is 1. The zero-order chi connectivity index (χ0) is 45.2. The molecule has 1 aliphatic carbocycles. The van der Waals surface area contributed by atoms with Crippen LogP contribution in [0.4, 0.5) is 5.69 Å². The normalized spacial score (nSPS) is 35.7. The van der Waals surface area contributed by atoms with Gasteiger partial charge in [0.2, 0.25) is 15.6 Å². The number of anilines is 1. The monoisotopic (exact) mass is 888 g/mol. The molecule has 3 fully saturated rings. The number of rotatable bonds is 8. The zero-order valence-corrected chi connectivity index (χ0v) is 38.3. The molecule has 6 heterocycles. The van der Waals surface area contributed by atoms with Gasteiger partial charge < -0.3 is 34.1 Å². The van der Waals surface area contributed by atoms with Gasteiger partial charge in [0.15, 0.2) is 6.10 Å². The van der Waals surface area contributed by atoms with Gasteiger partial charge in [0, 0.05) is 79.7 Å². The molecule has 63 heavy (non-hydrogen) atoms. The third-order valence-electron chi connectivity index (χ3n) is 16.0. The third-order valence-corrected chi connectivity index (χ3v) is 17.1. The topological polar surface area (TPSA) is 177 Å². The zero-order valence-electron chi connectivity index (χ0n) is 37.5. The molecule has 2 N–H and O–H groups in total. The van der Waals surface area contributed by atoms with Gasteiger partial charge in [-0.1, -0.05) is 44.2 Å². The van der Waals surface area contributed by atoms with E-state index in [0.29, 0.717) is 92.5 Å². The number of piperidine rings is 1. The highest BCUT2D eigenvalue weighted by atomic mass is 32.2. The molecule has 340 valence electrons.